The average Bonchev–Trinajstić information content (AvgIpc) is 2.52. The number of nitrogens with one attached hydrogen (secondary N) is 2. The summed E-state index contributed by atoms with van der Waals surface area (Å²) in [6, 6.07) is 11.5. The molecule has 128 valence electrons. The summed E-state index contributed by atoms with van der Waals surface area (Å²) in [4.78, 5) is 11.9. The molecule has 0 radical (unpaired) electrons. The van der Waals surface area contributed by atoms with E-state index >= 15 is 0 Å². The zero-order valence-electron chi connectivity index (χ0n) is 12.8. The van der Waals surface area contributed by atoms with Gasteiger partial charge in [0.15, 0.2) is 0 Å². The summed E-state index contributed by atoms with van der Waals surface area (Å²) in [7, 11) is 0. The first-order valence-corrected chi connectivity index (χ1v) is 7.59. The lowest BCUT2D eigenvalue weighted by Crippen LogP contribution is -2.30. The van der Waals surface area contributed by atoms with Crippen LogP contribution in [0.5, 0.6) is 0 Å². The predicted molar refractivity (Wildman–Crippen MR) is 87.9 cm³/mol. The molecule has 0 fully saturated rings. The maximum absolute atomic E-state index is 12.5. The number of amides is 1. The van der Waals surface area contributed by atoms with Gasteiger partial charge in [0.2, 0.25) is 5.91 Å². The Morgan fingerprint density at radius 3 is 2.42 bits per heavy atom. The van der Waals surface area contributed by atoms with Crippen LogP contribution in [0.3, 0.4) is 0 Å². The largest absolute Gasteiger partial charge is 0.416 e. The minimum atomic E-state index is -4.39. The van der Waals surface area contributed by atoms with E-state index in [1.54, 1.807) is 12.1 Å². The lowest BCUT2D eigenvalue weighted by Gasteiger charge is -2.14. The van der Waals surface area contributed by atoms with E-state index in [0.717, 1.165) is 17.7 Å². The van der Waals surface area contributed by atoms with E-state index in [-0.39, 0.29) is 18.5 Å². The number of carbonyl (C=O) groups is 1. The number of anilines is 1. The van der Waals surface area contributed by atoms with E-state index in [9.17, 15) is 18.0 Å². The van der Waals surface area contributed by atoms with Crippen LogP contribution in [-0.4, -0.2) is 12.5 Å². The molecular weight excluding hydrogens is 341 g/mol. The van der Waals surface area contributed by atoms with Gasteiger partial charge in [-0.05, 0) is 48.9 Å². The standard InChI is InChI=1S/C17H16ClF3N2O/c1-11(12-3-2-4-14(18)9-12)22-10-16(24)23-15-7-5-13(6-8-15)17(19,20)21/h2-9,11,22H,10H2,1H3,(H,23,24)/t11-/m1/s1. The Hall–Kier alpha value is -2.05. The summed E-state index contributed by atoms with van der Waals surface area (Å²) in [5.41, 5.74) is 0.489. The van der Waals surface area contributed by atoms with Crippen molar-refractivity contribution in [2.45, 2.75) is 19.1 Å². The molecule has 2 rings (SSSR count). The molecule has 0 saturated heterocycles. The zero-order chi connectivity index (χ0) is 17.7. The molecule has 1 atom stereocenters. The van der Waals surface area contributed by atoms with Gasteiger partial charge in [0.05, 0.1) is 12.1 Å². The molecule has 24 heavy (non-hydrogen) atoms. The van der Waals surface area contributed by atoms with Gasteiger partial charge in [-0.1, -0.05) is 23.7 Å². The molecule has 2 aromatic carbocycles. The summed E-state index contributed by atoms with van der Waals surface area (Å²) >= 11 is 5.92. The number of carbonyl (C=O) groups excluding carboxylic acids is 1. The molecule has 0 saturated carbocycles. The van der Waals surface area contributed by atoms with Gasteiger partial charge in [-0.15, -0.1) is 0 Å². The Kier molecular flexibility index (Phi) is 5.85. The second kappa shape index (κ2) is 7.68. The number of rotatable bonds is 5. The van der Waals surface area contributed by atoms with Gasteiger partial charge in [0, 0.05) is 16.8 Å². The SMILES string of the molecule is C[C@@H](NCC(=O)Nc1ccc(C(F)(F)F)cc1)c1cccc(Cl)c1. The van der Waals surface area contributed by atoms with Gasteiger partial charge >= 0.3 is 6.18 Å². The predicted octanol–water partition coefficient (Wildman–Crippen LogP) is 4.65. The second-order valence-corrected chi connectivity index (χ2v) is 5.72. The van der Waals surface area contributed by atoms with Gasteiger partial charge in [-0.25, -0.2) is 0 Å². The monoisotopic (exact) mass is 356 g/mol. The van der Waals surface area contributed by atoms with Crippen LogP contribution in [0.25, 0.3) is 0 Å². The van der Waals surface area contributed by atoms with E-state index in [2.05, 4.69) is 10.6 Å². The Balaban J connectivity index is 1.87. The van der Waals surface area contributed by atoms with E-state index in [1.807, 2.05) is 19.1 Å². The summed E-state index contributed by atoms with van der Waals surface area (Å²) in [6.45, 7) is 1.91. The van der Waals surface area contributed by atoms with Crippen LogP contribution < -0.4 is 10.6 Å². The lowest BCUT2D eigenvalue weighted by atomic mass is 10.1. The summed E-state index contributed by atoms with van der Waals surface area (Å²) in [6.07, 6.45) is -4.39. The van der Waals surface area contributed by atoms with Crippen LogP contribution in [0.4, 0.5) is 18.9 Å². The van der Waals surface area contributed by atoms with Crippen LogP contribution in [0, 0.1) is 0 Å². The highest BCUT2D eigenvalue weighted by Crippen LogP contribution is 2.29. The van der Waals surface area contributed by atoms with Crippen LogP contribution >= 0.6 is 11.6 Å². The molecule has 2 aromatic rings. The Morgan fingerprint density at radius 1 is 1.17 bits per heavy atom. The van der Waals surface area contributed by atoms with Crippen molar-refractivity contribution in [3.63, 3.8) is 0 Å². The molecule has 0 aliphatic heterocycles. The van der Waals surface area contributed by atoms with Crippen LogP contribution in [0.15, 0.2) is 48.5 Å². The Bertz CT molecular complexity index is 702. The summed E-state index contributed by atoms with van der Waals surface area (Å²) in [5, 5.41) is 6.18. The van der Waals surface area contributed by atoms with Crippen molar-refractivity contribution in [2.75, 3.05) is 11.9 Å². The van der Waals surface area contributed by atoms with Gasteiger partial charge in [-0.3, -0.25) is 4.79 Å². The van der Waals surface area contributed by atoms with Gasteiger partial charge in [-0.2, -0.15) is 13.2 Å². The minimum Gasteiger partial charge on any atom is -0.325 e. The maximum Gasteiger partial charge on any atom is 0.416 e. The normalized spacial score (nSPS) is 12.7. The second-order valence-electron chi connectivity index (χ2n) is 5.28. The highest BCUT2D eigenvalue weighted by molar-refractivity contribution is 6.30. The first-order chi connectivity index (χ1) is 11.3. The summed E-state index contributed by atoms with van der Waals surface area (Å²) in [5.74, 6) is -0.344. The van der Waals surface area contributed by atoms with Gasteiger partial charge < -0.3 is 10.6 Å². The van der Waals surface area contributed by atoms with Crippen molar-refractivity contribution in [1.82, 2.24) is 5.32 Å². The van der Waals surface area contributed by atoms with E-state index < -0.39 is 11.7 Å². The van der Waals surface area contributed by atoms with E-state index in [0.29, 0.717) is 10.7 Å². The molecule has 0 aliphatic rings. The number of hydrogen-bond donors (Lipinski definition) is 2. The smallest absolute Gasteiger partial charge is 0.325 e. The molecule has 2 N–H and O–H groups in total. The first-order valence-electron chi connectivity index (χ1n) is 7.21. The van der Waals surface area contributed by atoms with Crippen molar-refractivity contribution in [1.29, 1.82) is 0 Å². The van der Waals surface area contributed by atoms with Crippen LogP contribution in [0.1, 0.15) is 24.1 Å². The minimum absolute atomic E-state index is 0.0225. The third kappa shape index (κ3) is 5.25. The van der Waals surface area contributed by atoms with Gasteiger partial charge in [0.1, 0.15) is 0 Å². The fourth-order valence-corrected chi connectivity index (χ4v) is 2.29. The van der Waals surface area contributed by atoms with Crippen molar-refractivity contribution in [2.24, 2.45) is 0 Å². The fraction of sp³-hybridized carbons (Fsp3) is 0.235. The number of halogens is 4. The number of alkyl halides is 3. The van der Waals surface area contributed by atoms with Crippen molar-refractivity contribution < 1.29 is 18.0 Å². The molecule has 7 heteroatoms. The lowest BCUT2D eigenvalue weighted by molar-refractivity contribution is -0.137. The third-order valence-corrected chi connectivity index (χ3v) is 3.65. The molecule has 0 bridgehead atoms. The van der Waals surface area contributed by atoms with Crippen molar-refractivity contribution in [3.05, 3.63) is 64.7 Å². The molecular formula is C17H16ClF3N2O. The molecule has 1 amide bonds. The van der Waals surface area contributed by atoms with Gasteiger partial charge in [0.25, 0.3) is 0 Å². The van der Waals surface area contributed by atoms with Crippen molar-refractivity contribution >= 4 is 23.2 Å². The third-order valence-electron chi connectivity index (χ3n) is 3.41. The first kappa shape index (κ1) is 18.3. The van der Waals surface area contributed by atoms with Crippen molar-refractivity contribution in [3.8, 4) is 0 Å². The summed E-state index contributed by atoms with van der Waals surface area (Å²) < 4.78 is 37.4. The van der Waals surface area contributed by atoms with Crippen LogP contribution in [0.2, 0.25) is 5.02 Å². The molecule has 3 nitrogen and oxygen atoms in total. The number of hydrogen-bond acceptors (Lipinski definition) is 2. The maximum atomic E-state index is 12.5. The molecule has 0 heterocycles. The van der Waals surface area contributed by atoms with E-state index in [1.165, 1.54) is 12.1 Å². The van der Waals surface area contributed by atoms with Crippen LogP contribution in [-0.2, 0) is 11.0 Å². The molecule has 0 spiro atoms. The average molecular weight is 357 g/mol. The quantitative estimate of drug-likeness (QED) is 0.818. The molecule has 0 unspecified atom stereocenters. The fourth-order valence-electron chi connectivity index (χ4n) is 2.09. The molecule has 0 aliphatic carbocycles. The highest BCUT2D eigenvalue weighted by atomic mass is 35.5. The number of benzene rings is 2. The Morgan fingerprint density at radius 2 is 1.83 bits per heavy atom. The Labute approximate surface area is 142 Å². The zero-order valence-corrected chi connectivity index (χ0v) is 13.6. The topological polar surface area (TPSA) is 41.1 Å². The van der Waals surface area contributed by atoms with E-state index in [4.69, 9.17) is 11.6 Å². The highest BCUT2D eigenvalue weighted by Gasteiger charge is 2.29. The molecule has 0 aromatic heterocycles.